The second-order valence-electron chi connectivity index (χ2n) is 6.88. The van der Waals surface area contributed by atoms with E-state index in [0.29, 0.717) is 25.9 Å². The average Bonchev–Trinajstić information content (AvgIpc) is 2.69. The van der Waals surface area contributed by atoms with Crippen LogP contribution in [0.2, 0.25) is 0 Å². The van der Waals surface area contributed by atoms with Gasteiger partial charge in [-0.15, -0.1) is 0 Å². The van der Waals surface area contributed by atoms with Gasteiger partial charge in [-0.25, -0.2) is 8.42 Å². The maximum Gasteiger partial charge on any atom is 0.325 e. The highest BCUT2D eigenvalue weighted by Crippen LogP contribution is 2.10. The van der Waals surface area contributed by atoms with Crippen LogP contribution < -0.4 is 15.8 Å². The number of sulfonamides is 1. The number of carbonyl (C=O) groups is 2. The number of nitrogens with zero attached hydrogens (tertiary/aromatic N) is 2. The molecule has 4 N–H and O–H groups in total. The van der Waals surface area contributed by atoms with Crippen LogP contribution in [0.4, 0.5) is 0 Å². The van der Waals surface area contributed by atoms with Crippen LogP contribution >= 0.6 is 0 Å². The molecule has 10 nitrogen and oxygen atoms in total. The van der Waals surface area contributed by atoms with Crippen LogP contribution in [0.5, 0.6) is 0 Å². The fourth-order valence-corrected chi connectivity index (χ4v) is 3.82. The van der Waals surface area contributed by atoms with Gasteiger partial charge in [-0.05, 0) is 32.4 Å². The van der Waals surface area contributed by atoms with Crippen LogP contribution in [-0.2, 0) is 24.3 Å². The Balaban J connectivity index is 1.82. The second kappa shape index (κ2) is 11.0. The van der Waals surface area contributed by atoms with Crippen LogP contribution in [0.1, 0.15) is 25.3 Å². The fourth-order valence-electron chi connectivity index (χ4n) is 2.93. The van der Waals surface area contributed by atoms with Crippen molar-refractivity contribution in [2.24, 2.45) is 10.7 Å². The van der Waals surface area contributed by atoms with E-state index in [2.05, 4.69) is 15.0 Å². The van der Waals surface area contributed by atoms with Gasteiger partial charge in [0.2, 0.25) is 15.9 Å². The van der Waals surface area contributed by atoms with Crippen molar-refractivity contribution < 1.29 is 22.7 Å². The van der Waals surface area contributed by atoms with Crippen LogP contribution in [0, 0.1) is 6.92 Å². The third kappa shape index (κ3) is 7.08. The van der Waals surface area contributed by atoms with Crippen LogP contribution in [0.3, 0.4) is 0 Å². The first-order chi connectivity index (χ1) is 14.2. The van der Waals surface area contributed by atoms with E-state index < -0.39 is 22.0 Å². The Hall–Kier alpha value is -2.50. The summed E-state index contributed by atoms with van der Waals surface area (Å²) < 4.78 is 31.7. The van der Waals surface area contributed by atoms with Gasteiger partial charge in [0, 0.05) is 19.5 Å². The molecule has 1 aliphatic rings. The molecule has 0 spiro atoms. The molecule has 2 rings (SSSR count). The van der Waals surface area contributed by atoms with Gasteiger partial charge >= 0.3 is 5.97 Å². The number of hydrogen-bond donors (Lipinski definition) is 3. The number of nitrogens with one attached hydrogen (secondary N) is 2. The Bertz CT molecular complexity index is 870. The molecule has 1 atom stereocenters. The minimum atomic E-state index is -3.67. The quantitative estimate of drug-likeness (QED) is 0.259. The number of piperazine rings is 1. The number of amidine groups is 1. The highest BCUT2D eigenvalue weighted by molar-refractivity contribution is 7.89. The average molecular weight is 440 g/mol. The monoisotopic (exact) mass is 439 g/mol. The molecular weight excluding hydrogens is 410 g/mol. The van der Waals surface area contributed by atoms with E-state index in [-0.39, 0.29) is 36.5 Å². The molecule has 0 aromatic heterocycles. The Morgan fingerprint density at radius 3 is 2.73 bits per heavy atom. The third-order valence-electron chi connectivity index (χ3n) is 4.56. The number of hydrogen-bond acceptors (Lipinski definition) is 7. The molecule has 1 saturated heterocycles. The lowest BCUT2D eigenvalue weighted by atomic mass is 10.1. The summed E-state index contributed by atoms with van der Waals surface area (Å²) in [7, 11) is -3.67. The van der Waals surface area contributed by atoms with Gasteiger partial charge in [-0.2, -0.15) is 4.72 Å². The van der Waals surface area contributed by atoms with Crippen molar-refractivity contribution in [2.75, 3.05) is 32.9 Å². The van der Waals surface area contributed by atoms with Gasteiger partial charge in [-0.1, -0.05) is 17.7 Å². The van der Waals surface area contributed by atoms with Crippen molar-refractivity contribution in [3.05, 3.63) is 29.8 Å². The first-order valence-corrected chi connectivity index (χ1v) is 11.2. The molecule has 30 heavy (non-hydrogen) atoms. The number of aryl methyl sites for hydroxylation is 1. The van der Waals surface area contributed by atoms with Crippen LogP contribution in [0.25, 0.3) is 0 Å². The van der Waals surface area contributed by atoms with Gasteiger partial charge in [0.15, 0.2) is 0 Å². The van der Waals surface area contributed by atoms with E-state index in [9.17, 15) is 18.0 Å². The molecular formula is C19H29N5O5S. The maximum absolute atomic E-state index is 12.5. The number of aliphatic imine (C=N–C) groups is 1. The number of carbonyl (C=O) groups excluding carboxylic acids is 2. The first kappa shape index (κ1) is 23.8. The van der Waals surface area contributed by atoms with E-state index in [0.717, 1.165) is 5.56 Å². The normalized spacial score (nSPS) is 17.8. The zero-order chi connectivity index (χ0) is 22.1. The summed E-state index contributed by atoms with van der Waals surface area (Å²) in [6, 6.07) is 5.99. The SMILES string of the molecule is CCOC(=O)CN1CCN[C@@H](CC/C(N)=N/CNS(=O)(=O)c2ccc(C)cc2)C1=O. The maximum atomic E-state index is 12.5. The van der Waals surface area contributed by atoms with Gasteiger partial charge in [-0.3, -0.25) is 14.6 Å². The van der Waals surface area contributed by atoms with Gasteiger partial charge in [0.1, 0.15) is 13.2 Å². The number of nitrogens with two attached hydrogens (primary N) is 1. The molecule has 0 radical (unpaired) electrons. The summed E-state index contributed by atoms with van der Waals surface area (Å²) in [5.74, 6) is -0.394. The molecule has 0 unspecified atom stereocenters. The van der Waals surface area contributed by atoms with E-state index in [4.69, 9.17) is 10.5 Å². The molecule has 0 bridgehead atoms. The third-order valence-corrected chi connectivity index (χ3v) is 5.97. The number of amides is 1. The lowest BCUT2D eigenvalue weighted by Crippen LogP contribution is -2.56. The van der Waals surface area contributed by atoms with E-state index >= 15 is 0 Å². The molecule has 1 fully saturated rings. The minimum Gasteiger partial charge on any atom is -0.465 e. The number of benzene rings is 1. The van der Waals surface area contributed by atoms with Crippen molar-refractivity contribution in [2.45, 2.75) is 37.6 Å². The highest BCUT2D eigenvalue weighted by Gasteiger charge is 2.29. The van der Waals surface area contributed by atoms with E-state index in [1.807, 2.05) is 6.92 Å². The number of ether oxygens (including phenoxy) is 1. The summed E-state index contributed by atoms with van der Waals surface area (Å²) in [6.07, 6.45) is 0.696. The van der Waals surface area contributed by atoms with Gasteiger partial charge in [0.25, 0.3) is 0 Å². The fraction of sp³-hybridized carbons (Fsp3) is 0.526. The van der Waals surface area contributed by atoms with Crippen molar-refractivity contribution in [3.63, 3.8) is 0 Å². The summed E-state index contributed by atoms with van der Waals surface area (Å²) in [5, 5.41) is 3.10. The predicted molar refractivity (Wildman–Crippen MR) is 112 cm³/mol. The Morgan fingerprint density at radius 2 is 2.07 bits per heavy atom. The Morgan fingerprint density at radius 1 is 1.37 bits per heavy atom. The van der Waals surface area contributed by atoms with Crippen molar-refractivity contribution in [3.8, 4) is 0 Å². The summed E-state index contributed by atoms with van der Waals surface area (Å²) in [5.41, 5.74) is 6.83. The molecule has 166 valence electrons. The zero-order valence-corrected chi connectivity index (χ0v) is 18.1. The minimum absolute atomic E-state index is 0.0742. The van der Waals surface area contributed by atoms with Crippen molar-refractivity contribution >= 4 is 27.7 Å². The number of esters is 1. The summed E-state index contributed by atoms with van der Waals surface area (Å²) in [6.45, 7) is 4.57. The molecule has 1 amide bonds. The molecule has 1 aliphatic heterocycles. The molecule has 1 heterocycles. The van der Waals surface area contributed by atoms with E-state index in [1.54, 1.807) is 19.1 Å². The lowest BCUT2D eigenvalue weighted by Gasteiger charge is -2.32. The largest absolute Gasteiger partial charge is 0.465 e. The standard InChI is InChI=1S/C19H29N5O5S/c1-3-29-18(25)12-24-11-10-21-16(19(24)26)8-9-17(20)22-13-23-30(27,28)15-6-4-14(2)5-7-15/h4-7,16,21,23H,3,8-13H2,1-2H3,(H2,20,22)/t16-/m0/s1. The van der Waals surface area contributed by atoms with Crippen molar-refractivity contribution in [1.82, 2.24) is 14.9 Å². The highest BCUT2D eigenvalue weighted by atomic mass is 32.2. The van der Waals surface area contributed by atoms with Gasteiger partial charge < -0.3 is 20.7 Å². The summed E-state index contributed by atoms with van der Waals surface area (Å²) in [4.78, 5) is 29.7. The molecule has 0 aliphatic carbocycles. The Labute approximate surface area is 176 Å². The molecule has 1 aromatic carbocycles. The lowest BCUT2D eigenvalue weighted by molar-refractivity contribution is -0.150. The van der Waals surface area contributed by atoms with Gasteiger partial charge in [0.05, 0.1) is 23.4 Å². The molecule has 1 aromatic rings. The number of rotatable bonds is 10. The first-order valence-electron chi connectivity index (χ1n) is 9.76. The smallest absolute Gasteiger partial charge is 0.325 e. The van der Waals surface area contributed by atoms with Crippen molar-refractivity contribution in [1.29, 1.82) is 0 Å². The van der Waals surface area contributed by atoms with Crippen LogP contribution in [0.15, 0.2) is 34.2 Å². The molecule has 0 saturated carbocycles. The predicted octanol–water partition coefficient (Wildman–Crippen LogP) is -0.268. The zero-order valence-electron chi connectivity index (χ0n) is 17.3. The second-order valence-corrected chi connectivity index (χ2v) is 8.65. The van der Waals surface area contributed by atoms with Crippen LogP contribution in [-0.4, -0.2) is 70.0 Å². The summed E-state index contributed by atoms with van der Waals surface area (Å²) >= 11 is 0. The molecule has 11 heteroatoms. The van der Waals surface area contributed by atoms with E-state index in [1.165, 1.54) is 17.0 Å². The topological polar surface area (TPSA) is 143 Å². The Kier molecular flexibility index (Phi) is 8.75.